The molecule has 3 rings (SSSR count). The van der Waals surface area contributed by atoms with Crippen LogP contribution in [-0.4, -0.2) is 31.7 Å². The van der Waals surface area contributed by atoms with E-state index in [0.717, 1.165) is 33.7 Å². The summed E-state index contributed by atoms with van der Waals surface area (Å²) in [5, 5.41) is 2.16. The van der Waals surface area contributed by atoms with Crippen LogP contribution < -0.4 is 9.47 Å². The number of benzene rings is 2. The summed E-state index contributed by atoms with van der Waals surface area (Å²) >= 11 is 0. The van der Waals surface area contributed by atoms with Crippen LogP contribution in [0.2, 0.25) is 0 Å². The Balaban J connectivity index is 2.36. The summed E-state index contributed by atoms with van der Waals surface area (Å²) in [5.74, 6) is 2.55. The van der Waals surface area contributed by atoms with E-state index in [-0.39, 0.29) is 0 Å². The molecule has 1 heterocycles. The number of nitrogens with zero attached hydrogens (tertiary/aromatic N) is 1. The lowest BCUT2D eigenvalue weighted by Gasteiger charge is -2.10. The van der Waals surface area contributed by atoms with Crippen LogP contribution in [0.3, 0.4) is 0 Å². The average molecular weight is 254 g/mol. The molecule has 0 amide bonds. The molecule has 3 nitrogen and oxygen atoms in total. The molecule has 0 spiro atoms. The van der Waals surface area contributed by atoms with E-state index in [1.165, 1.54) is 0 Å². The summed E-state index contributed by atoms with van der Waals surface area (Å²) in [6.07, 6.45) is 4.06. The zero-order chi connectivity index (χ0) is 13.4. The van der Waals surface area contributed by atoms with E-state index in [9.17, 15) is 0 Å². The molecule has 1 aliphatic heterocycles. The summed E-state index contributed by atoms with van der Waals surface area (Å²) in [5.41, 5.74) is 1.14. The van der Waals surface area contributed by atoms with Crippen molar-refractivity contribution in [2.24, 2.45) is 0 Å². The SMILES string of the molecule is COc1ccc2c3c(cccc13)OC(=[N+](C)C)C=C2. The smallest absolute Gasteiger partial charge is 0.367 e. The Hall–Kier alpha value is -2.29. The molecule has 0 N–H and O–H groups in total. The second kappa shape index (κ2) is 4.43. The normalized spacial score (nSPS) is 13.1. The van der Waals surface area contributed by atoms with Gasteiger partial charge in [-0.3, -0.25) is 0 Å². The van der Waals surface area contributed by atoms with Crippen molar-refractivity contribution in [2.45, 2.75) is 0 Å². The van der Waals surface area contributed by atoms with Crippen LogP contribution in [0.4, 0.5) is 0 Å². The van der Waals surface area contributed by atoms with Gasteiger partial charge in [0.25, 0.3) is 0 Å². The monoisotopic (exact) mass is 254 g/mol. The van der Waals surface area contributed by atoms with Crippen molar-refractivity contribution in [3.63, 3.8) is 0 Å². The van der Waals surface area contributed by atoms with E-state index in [0.29, 0.717) is 0 Å². The maximum Gasteiger partial charge on any atom is 0.367 e. The predicted octanol–water partition coefficient (Wildman–Crippen LogP) is 2.92. The van der Waals surface area contributed by atoms with Crippen molar-refractivity contribution in [1.29, 1.82) is 0 Å². The molecular weight excluding hydrogens is 238 g/mol. The maximum atomic E-state index is 5.99. The summed E-state index contributed by atoms with van der Waals surface area (Å²) in [4.78, 5) is 0. The van der Waals surface area contributed by atoms with E-state index >= 15 is 0 Å². The Labute approximate surface area is 112 Å². The van der Waals surface area contributed by atoms with Crippen LogP contribution in [0.15, 0.2) is 36.4 Å². The van der Waals surface area contributed by atoms with Crippen LogP contribution >= 0.6 is 0 Å². The highest BCUT2D eigenvalue weighted by Crippen LogP contribution is 2.36. The number of ether oxygens (including phenoxy) is 2. The standard InChI is InChI=1S/C16H16NO2/c1-17(2)15-10-8-11-7-9-13(18-3)12-5-4-6-14(19-15)16(11)12/h4-10H,1-3H3/q+1. The van der Waals surface area contributed by atoms with E-state index < -0.39 is 0 Å². The van der Waals surface area contributed by atoms with Gasteiger partial charge >= 0.3 is 5.90 Å². The molecule has 0 fully saturated rings. The first kappa shape index (κ1) is 11.8. The van der Waals surface area contributed by atoms with Crippen LogP contribution in [-0.2, 0) is 0 Å². The van der Waals surface area contributed by atoms with Crippen molar-refractivity contribution in [2.75, 3.05) is 21.2 Å². The van der Waals surface area contributed by atoms with Gasteiger partial charge in [-0.25, -0.2) is 4.58 Å². The van der Waals surface area contributed by atoms with Gasteiger partial charge in [-0.15, -0.1) is 0 Å². The van der Waals surface area contributed by atoms with Crippen LogP contribution in [0, 0.1) is 0 Å². The van der Waals surface area contributed by atoms with Gasteiger partial charge in [-0.2, -0.15) is 0 Å². The molecule has 1 aliphatic rings. The zero-order valence-electron chi connectivity index (χ0n) is 11.3. The van der Waals surface area contributed by atoms with Gasteiger partial charge in [-0.05, 0) is 23.8 Å². The summed E-state index contributed by atoms with van der Waals surface area (Å²) < 4.78 is 13.4. The van der Waals surface area contributed by atoms with E-state index in [1.807, 2.05) is 42.9 Å². The predicted molar refractivity (Wildman–Crippen MR) is 77.3 cm³/mol. The minimum Gasteiger partial charge on any atom is -0.496 e. The third-order valence-corrected chi connectivity index (χ3v) is 3.28. The molecule has 0 unspecified atom stereocenters. The Morgan fingerprint density at radius 1 is 1.05 bits per heavy atom. The quantitative estimate of drug-likeness (QED) is 0.730. The third-order valence-electron chi connectivity index (χ3n) is 3.28. The fraction of sp³-hybridized carbons (Fsp3) is 0.188. The molecule has 96 valence electrons. The van der Waals surface area contributed by atoms with Crippen molar-refractivity contribution < 1.29 is 14.0 Å². The average Bonchev–Trinajstić information content (AvgIpc) is 2.61. The molecule has 0 saturated carbocycles. The highest BCUT2D eigenvalue weighted by molar-refractivity contribution is 6.04. The van der Waals surface area contributed by atoms with Crippen LogP contribution in [0.25, 0.3) is 16.8 Å². The zero-order valence-corrected chi connectivity index (χ0v) is 11.3. The van der Waals surface area contributed by atoms with Crippen molar-refractivity contribution in [3.05, 3.63) is 42.0 Å². The Bertz CT molecular complexity index is 710. The molecule has 19 heavy (non-hydrogen) atoms. The molecule has 0 bridgehead atoms. The maximum absolute atomic E-state index is 5.99. The molecule has 0 saturated heterocycles. The molecule has 0 atom stereocenters. The summed E-state index contributed by atoms with van der Waals surface area (Å²) in [6.45, 7) is 0. The first-order valence-corrected chi connectivity index (χ1v) is 6.20. The molecular formula is C16H16NO2+. The molecule has 2 aromatic carbocycles. The first-order chi connectivity index (χ1) is 9.20. The van der Waals surface area contributed by atoms with Gasteiger partial charge in [-0.1, -0.05) is 18.2 Å². The lowest BCUT2D eigenvalue weighted by Crippen LogP contribution is -2.17. The van der Waals surface area contributed by atoms with Gasteiger partial charge in [0, 0.05) is 10.8 Å². The lowest BCUT2D eigenvalue weighted by molar-refractivity contribution is -0.470. The largest absolute Gasteiger partial charge is 0.496 e. The second-order valence-corrected chi connectivity index (χ2v) is 4.70. The van der Waals surface area contributed by atoms with Crippen LogP contribution in [0.5, 0.6) is 11.5 Å². The number of methoxy groups -OCH3 is 1. The number of hydrogen-bond donors (Lipinski definition) is 0. The fourth-order valence-electron chi connectivity index (χ4n) is 2.32. The fourth-order valence-corrected chi connectivity index (χ4v) is 2.32. The molecule has 2 aromatic rings. The van der Waals surface area contributed by atoms with E-state index in [4.69, 9.17) is 9.47 Å². The molecule has 0 radical (unpaired) electrons. The van der Waals surface area contributed by atoms with Crippen molar-refractivity contribution >= 4 is 22.7 Å². The minimum absolute atomic E-state index is 0.822. The first-order valence-electron chi connectivity index (χ1n) is 6.20. The Morgan fingerprint density at radius 3 is 2.63 bits per heavy atom. The van der Waals surface area contributed by atoms with Gasteiger partial charge < -0.3 is 9.47 Å². The summed E-state index contributed by atoms with van der Waals surface area (Å²) in [7, 11) is 5.63. The minimum atomic E-state index is 0.822. The van der Waals surface area contributed by atoms with Crippen molar-refractivity contribution in [3.8, 4) is 11.5 Å². The molecule has 0 aromatic heterocycles. The lowest BCUT2D eigenvalue weighted by atomic mass is 10.0. The van der Waals surface area contributed by atoms with Gasteiger partial charge in [0.1, 0.15) is 25.6 Å². The van der Waals surface area contributed by atoms with Gasteiger partial charge in [0.2, 0.25) is 0 Å². The van der Waals surface area contributed by atoms with Crippen LogP contribution in [0.1, 0.15) is 5.56 Å². The molecule has 0 aliphatic carbocycles. The van der Waals surface area contributed by atoms with E-state index in [1.54, 1.807) is 7.11 Å². The Kier molecular flexibility index (Phi) is 2.75. The summed E-state index contributed by atoms with van der Waals surface area (Å²) in [6, 6.07) is 10.1. The number of rotatable bonds is 1. The van der Waals surface area contributed by atoms with Gasteiger partial charge in [0.05, 0.1) is 13.2 Å². The third kappa shape index (κ3) is 1.87. The van der Waals surface area contributed by atoms with Crippen molar-refractivity contribution in [1.82, 2.24) is 0 Å². The highest BCUT2D eigenvalue weighted by Gasteiger charge is 2.17. The van der Waals surface area contributed by atoms with Gasteiger partial charge in [0.15, 0.2) is 0 Å². The highest BCUT2D eigenvalue weighted by atomic mass is 16.5. The number of hydrogen-bond acceptors (Lipinski definition) is 2. The topological polar surface area (TPSA) is 21.5 Å². The molecule has 3 heteroatoms. The second-order valence-electron chi connectivity index (χ2n) is 4.70. The van der Waals surface area contributed by atoms with E-state index in [2.05, 4.69) is 18.2 Å². The Morgan fingerprint density at radius 2 is 1.89 bits per heavy atom.